The SMILES string of the molecule is Cc1nc(CN[C@@H](C)c2ccc(Br)cc2)cs1. The Morgan fingerprint density at radius 3 is 2.65 bits per heavy atom. The van der Waals surface area contributed by atoms with E-state index in [2.05, 4.69) is 62.8 Å². The van der Waals surface area contributed by atoms with Gasteiger partial charge in [0, 0.05) is 22.4 Å². The molecule has 0 aliphatic heterocycles. The molecule has 1 N–H and O–H groups in total. The molecule has 0 saturated heterocycles. The van der Waals surface area contributed by atoms with E-state index >= 15 is 0 Å². The van der Waals surface area contributed by atoms with E-state index in [-0.39, 0.29) is 0 Å². The Kier molecular flexibility index (Phi) is 4.31. The van der Waals surface area contributed by atoms with Gasteiger partial charge in [0.25, 0.3) is 0 Å². The van der Waals surface area contributed by atoms with E-state index in [9.17, 15) is 0 Å². The fourth-order valence-electron chi connectivity index (χ4n) is 1.62. The lowest BCUT2D eigenvalue weighted by Gasteiger charge is -2.13. The molecular weight excluding hydrogens is 296 g/mol. The first kappa shape index (κ1) is 12.7. The van der Waals surface area contributed by atoms with Crippen LogP contribution in [0.3, 0.4) is 0 Å². The number of hydrogen-bond donors (Lipinski definition) is 1. The molecule has 0 saturated carbocycles. The van der Waals surface area contributed by atoms with E-state index in [1.807, 2.05) is 6.92 Å². The Morgan fingerprint density at radius 1 is 1.35 bits per heavy atom. The third-order valence-electron chi connectivity index (χ3n) is 2.63. The Balaban J connectivity index is 1.93. The van der Waals surface area contributed by atoms with Crippen LogP contribution in [0.25, 0.3) is 0 Å². The summed E-state index contributed by atoms with van der Waals surface area (Å²) >= 11 is 5.14. The molecule has 1 atom stereocenters. The first-order valence-corrected chi connectivity index (χ1v) is 7.22. The summed E-state index contributed by atoms with van der Waals surface area (Å²) in [4.78, 5) is 4.44. The predicted molar refractivity (Wildman–Crippen MR) is 76.2 cm³/mol. The number of halogens is 1. The minimum Gasteiger partial charge on any atom is -0.305 e. The molecule has 0 fully saturated rings. The summed E-state index contributed by atoms with van der Waals surface area (Å²) in [7, 11) is 0. The lowest BCUT2D eigenvalue weighted by molar-refractivity contribution is 0.569. The topological polar surface area (TPSA) is 24.9 Å². The van der Waals surface area contributed by atoms with Crippen molar-refractivity contribution in [3.05, 3.63) is 50.4 Å². The lowest BCUT2D eigenvalue weighted by Crippen LogP contribution is -2.18. The second kappa shape index (κ2) is 5.76. The van der Waals surface area contributed by atoms with Crippen LogP contribution in [0.2, 0.25) is 0 Å². The highest BCUT2D eigenvalue weighted by atomic mass is 79.9. The van der Waals surface area contributed by atoms with Crippen LogP contribution in [-0.4, -0.2) is 4.98 Å². The number of nitrogens with one attached hydrogen (secondary N) is 1. The van der Waals surface area contributed by atoms with E-state index in [0.717, 1.165) is 21.7 Å². The number of aryl methyl sites for hydroxylation is 1. The molecular formula is C13H15BrN2S. The average Bonchev–Trinajstić information content (AvgIpc) is 2.73. The summed E-state index contributed by atoms with van der Waals surface area (Å²) in [5.74, 6) is 0. The molecule has 4 heteroatoms. The fraction of sp³-hybridized carbons (Fsp3) is 0.308. The largest absolute Gasteiger partial charge is 0.305 e. The van der Waals surface area contributed by atoms with Crippen LogP contribution in [0.1, 0.15) is 29.2 Å². The highest BCUT2D eigenvalue weighted by molar-refractivity contribution is 9.10. The summed E-state index contributed by atoms with van der Waals surface area (Å²) in [6, 6.07) is 8.74. The van der Waals surface area contributed by atoms with Crippen molar-refractivity contribution in [2.45, 2.75) is 26.4 Å². The Hall–Kier alpha value is -0.710. The molecule has 0 aliphatic carbocycles. The quantitative estimate of drug-likeness (QED) is 0.921. The Morgan fingerprint density at radius 2 is 2.06 bits per heavy atom. The van der Waals surface area contributed by atoms with Crippen LogP contribution in [0.4, 0.5) is 0 Å². The standard InChI is InChI=1S/C13H15BrN2S/c1-9(11-3-5-12(14)6-4-11)15-7-13-8-17-10(2)16-13/h3-6,8-9,15H,7H2,1-2H3/t9-/m0/s1. The van der Waals surface area contributed by atoms with E-state index in [4.69, 9.17) is 0 Å². The third-order valence-corrected chi connectivity index (χ3v) is 3.98. The van der Waals surface area contributed by atoms with Gasteiger partial charge in [-0.25, -0.2) is 4.98 Å². The molecule has 1 heterocycles. The van der Waals surface area contributed by atoms with Crippen molar-refractivity contribution in [1.82, 2.24) is 10.3 Å². The van der Waals surface area contributed by atoms with Gasteiger partial charge in [0.15, 0.2) is 0 Å². The maximum Gasteiger partial charge on any atom is 0.0897 e. The van der Waals surface area contributed by atoms with Crippen LogP contribution >= 0.6 is 27.3 Å². The van der Waals surface area contributed by atoms with Crippen molar-refractivity contribution in [1.29, 1.82) is 0 Å². The minimum atomic E-state index is 0.338. The molecule has 0 amide bonds. The molecule has 1 aromatic carbocycles. The van der Waals surface area contributed by atoms with Crippen molar-refractivity contribution in [2.75, 3.05) is 0 Å². The molecule has 2 rings (SSSR count). The van der Waals surface area contributed by atoms with Crippen LogP contribution in [0.15, 0.2) is 34.1 Å². The lowest BCUT2D eigenvalue weighted by atomic mass is 10.1. The Labute approximate surface area is 114 Å². The van der Waals surface area contributed by atoms with Gasteiger partial charge in [0.05, 0.1) is 10.7 Å². The number of nitrogens with zero attached hydrogens (tertiary/aromatic N) is 1. The highest BCUT2D eigenvalue weighted by Gasteiger charge is 2.05. The first-order valence-electron chi connectivity index (χ1n) is 5.55. The summed E-state index contributed by atoms with van der Waals surface area (Å²) in [6.45, 7) is 5.02. The molecule has 1 aromatic heterocycles. The monoisotopic (exact) mass is 310 g/mol. The molecule has 0 spiro atoms. The zero-order valence-electron chi connectivity index (χ0n) is 9.90. The number of hydrogen-bond acceptors (Lipinski definition) is 3. The Bertz CT molecular complexity index is 478. The van der Waals surface area contributed by atoms with E-state index in [1.54, 1.807) is 11.3 Å². The van der Waals surface area contributed by atoms with Gasteiger partial charge in [-0.2, -0.15) is 0 Å². The first-order chi connectivity index (χ1) is 8.15. The second-order valence-corrected chi connectivity index (χ2v) is 5.99. The maximum absolute atomic E-state index is 4.44. The third kappa shape index (κ3) is 3.63. The van der Waals surface area contributed by atoms with Gasteiger partial charge in [0.2, 0.25) is 0 Å². The van der Waals surface area contributed by atoms with Crippen molar-refractivity contribution in [3.63, 3.8) is 0 Å². The van der Waals surface area contributed by atoms with E-state index in [1.165, 1.54) is 5.56 Å². The van der Waals surface area contributed by atoms with Gasteiger partial charge in [0.1, 0.15) is 0 Å². The van der Waals surface area contributed by atoms with E-state index in [0.29, 0.717) is 6.04 Å². The van der Waals surface area contributed by atoms with Gasteiger partial charge in [-0.05, 0) is 31.5 Å². The molecule has 17 heavy (non-hydrogen) atoms. The highest BCUT2D eigenvalue weighted by Crippen LogP contribution is 2.17. The van der Waals surface area contributed by atoms with Gasteiger partial charge >= 0.3 is 0 Å². The summed E-state index contributed by atoms with van der Waals surface area (Å²) in [5, 5.41) is 6.71. The van der Waals surface area contributed by atoms with Gasteiger partial charge in [-0.3, -0.25) is 0 Å². The molecule has 0 bridgehead atoms. The number of thiazole rings is 1. The zero-order valence-corrected chi connectivity index (χ0v) is 12.3. The van der Waals surface area contributed by atoms with Crippen LogP contribution in [0.5, 0.6) is 0 Å². The zero-order chi connectivity index (χ0) is 12.3. The normalized spacial score (nSPS) is 12.6. The van der Waals surface area contributed by atoms with Gasteiger partial charge in [-0.1, -0.05) is 28.1 Å². The smallest absolute Gasteiger partial charge is 0.0897 e. The van der Waals surface area contributed by atoms with Crippen molar-refractivity contribution < 1.29 is 0 Å². The number of rotatable bonds is 4. The summed E-state index contributed by atoms with van der Waals surface area (Å²) < 4.78 is 1.11. The summed E-state index contributed by atoms with van der Waals surface area (Å²) in [5.41, 5.74) is 2.41. The molecule has 0 aliphatic rings. The molecule has 0 unspecified atom stereocenters. The molecule has 90 valence electrons. The predicted octanol–water partition coefficient (Wildman–Crippen LogP) is 4.06. The van der Waals surface area contributed by atoms with Crippen molar-refractivity contribution in [2.24, 2.45) is 0 Å². The second-order valence-electron chi connectivity index (χ2n) is 4.01. The summed E-state index contributed by atoms with van der Waals surface area (Å²) in [6.07, 6.45) is 0. The van der Waals surface area contributed by atoms with Crippen LogP contribution in [0, 0.1) is 6.92 Å². The maximum atomic E-state index is 4.44. The molecule has 2 nitrogen and oxygen atoms in total. The van der Waals surface area contributed by atoms with Crippen LogP contribution < -0.4 is 5.32 Å². The molecule has 0 radical (unpaired) electrons. The minimum absolute atomic E-state index is 0.338. The van der Waals surface area contributed by atoms with Crippen molar-refractivity contribution >= 4 is 27.3 Å². The number of benzene rings is 1. The van der Waals surface area contributed by atoms with Crippen molar-refractivity contribution in [3.8, 4) is 0 Å². The molecule has 2 aromatic rings. The van der Waals surface area contributed by atoms with Crippen LogP contribution in [-0.2, 0) is 6.54 Å². The van der Waals surface area contributed by atoms with Gasteiger partial charge < -0.3 is 5.32 Å². The fourth-order valence-corrected chi connectivity index (χ4v) is 2.49. The van der Waals surface area contributed by atoms with E-state index < -0.39 is 0 Å². The average molecular weight is 311 g/mol. The van der Waals surface area contributed by atoms with Gasteiger partial charge in [-0.15, -0.1) is 11.3 Å². The number of aromatic nitrogens is 1.